The Morgan fingerprint density at radius 1 is 1.16 bits per heavy atom. The summed E-state index contributed by atoms with van der Waals surface area (Å²) in [5.41, 5.74) is -0.900. The van der Waals surface area contributed by atoms with E-state index in [1.165, 1.54) is 0 Å². The summed E-state index contributed by atoms with van der Waals surface area (Å²) in [5.74, 6) is -9.41. The average Bonchev–Trinajstić information content (AvgIpc) is 2.82. The van der Waals surface area contributed by atoms with Crippen LogP contribution in [0.4, 0.5) is 26.3 Å². The van der Waals surface area contributed by atoms with Crippen molar-refractivity contribution < 1.29 is 49.1 Å². The van der Waals surface area contributed by atoms with E-state index < -0.39 is 51.5 Å². The Hall–Kier alpha value is -1.53. The van der Waals surface area contributed by atoms with Crippen molar-refractivity contribution >= 4 is 21.9 Å². The number of hydrogen-bond acceptors (Lipinski definition) is 5. The summed E-state index contributed by atoms with van der Waals surface area (Å²) in [6.07, 6.45) is -3.94. The first-order valence-electron chi connectivity index (χ1n) is 6.95. The van der Waals surface area contributed by atoms with Gasteiger partial charge >= 0.3 is 33.6 Å². The summed E-state index contributed by atoms with van der Waals surface area (Å²) >= 11 is 0. The molecule has 0 heterocycles. The lowest BCUT2D eigenvalue weighted by Crippen LogP contribution is -2.56. The predicted octanol–water partition coefficient (Wildman–Crippen LogP) is 2.19. The van der Waals surface area contributed by atoms with Gasteiger partial charge in [0.25, 0.3) is 0 Å². The molecule has 0 aromatic heterocycles. The molecule has 0 aromatic carbocycles. The summed E-state index contributed by atoms with van der Waals surface area (Å²) in [7, 11) is -6.52. The normalized spacial score (nSPS) is 18.2. The van der Waals surface area contributed by atoms with Crippen LogP contribution in [0, 0.1) is 0 Å². The number of halogens is 6. The van der Waals surface area contributed by atoms with Gasteiger partial charge in [-0.25, -0.2) is 13.5 Å². The maximum Gasteiger partial charge on any atom is 0.431 e. The molecule has 1 amide bonds. The molecular weight excluding hydrogens is 384 g/mol. The van der Waals surface area contributed by atoms with Gasteiger partial charge in [0.1, 0.15) is 12.0 Å². The fourth-order valence-electron chi connectivity index (χ4n) is 2.22. The molecule has 1 fully saturated rings. The van der Waals surface area contributed by atoms with Crippen LogP contribution in [-0.2, 0) is 24.3 Å². The molecule has 0 bridgehead atoms. The molecule has 0 spiro atoms. The summed E-state index contributed by atoms with van der Waals surface area (Å²) in [5, 5.41) is -6.27. The third-order valence-electron chi connectivity index (χ3n) is 3.57. The highest BCUT2D eigenvalue weighted by Crippen LogP contribution is 2.42. The number of amides is 1. The lowest BCUT2D eigenvalue weighted by atomic mass is 10.1. The van der Waals surface area contributed by atoms with E-state index in [1.807, 2.05) is 0 Å². The smallest absolute Gasteiger partial charge is 0.431 e. The van der Waals surface area contributed by atoms with Crippen molar-refractivity contribution in [2.45, 2.75) is 62.2 Å². The zero-order chi connectivity index (χ0) is 19.7. The lowest BCUT2D eigenvalue weighted by Gasteiger charge is -2.26. The molecule has 1 aliphatic carbocycles. The Morgan fingerprint density at radius 2 is 1.64 bits per heavy atom. The van der Waals surface area contributed by atoms with Crippen LogP contribution >= 0.6 is 0 Å². The molecule has 13 heteroatoms. The van der Waals surface area contributed by atoms with Crippen LogP contribution in [0.2, 0.25) is 0 Å². The van der Waals surface area contributed by atoms with E-state index in [2.05, 4.69) is 0 Å². The highest BCUT2D eigenvalue weighted by molar-refractivity contribution is 7.91. The van der Waals surface area contributed by atoms with Crippen LogP contribution < -0.4 is 4.72 Å². The molecule has 0 atom stereocenters. The molecule has 25 heavy (non-hydrogen) atoms. The van der Waals surface area contributed by atoms with Crippen molar-refractivity contribution in [2.75, 3.05) is 0 Å². The molecule has 1 aliphatic rings. The van der Waals surface area contributed by atoms with Gasteiger partial charge in [0.05, 0.1) is 0 Å². The van der Waals surface area contributed by atoms with Crippen LogP contribution in [0.3, 0.4) is 0 Å². The van der Waals surface area contributed by atoms with Gasteiger partial charge in [-0.15, -0.1) is 0 Å². The van der Waals surface area contributed by atoms with Gasteiger partial charge in [-0.05, 0) is 32.6 Å². The van der Waals surface area contributed by atoms with E-state index in [9.17, 15) is 44.3 Å². The second-order valence-corrected chi connectivity index (χ2v) is 7.50. The van der Waals surface area contributed by atoms with Gasteiger partial charge < -0.3 is 4.74 Å². The first-order chi connectivity index (χ1) is 11.1. The molecule has 0 unspecified atom stereocenters. The number of nitrogens with one attached hydrogen (secondary N) is 1. The van der Waals surface area contributed by atoms with Crippen LogP contribution in [0.5, 0.6) is 0 Å². The number of hydrogen-bond donors (Lipinski definition) is 1. The highest BCUT2D eigenvalue weighted by atomic mass is 32.2. The Kier molecular flexibility index (Phi) is 6.02. The minimum atomic E-state index is -6.52. The van der Waals surface area contributed by atoms with E-state index in [4.69, 9.17) is 4.74 Å². The molecule has 1 N–H and O–H groups in total. The molecule has 6 nitrogen and oxygen atoms in total. The zero-order valence-electron chi connectivity index (χ0n) is 12.8. The van der Waals surface area contributed by atoms with Crippen LogP contribution in [0.25, 0.3) is 0 Å². The summed E-state index contributed by atoms with van der Waals surface area (Å²) < 4.78 is 103. The van der Waals surface area contributed by atoms with Crippen molar-refractivity contribution in [3.63, 3.8) is 0 Å². The number of carbonyl (C=O) groups is 2. The van der Waals surface area contributed by atoms with Crippen molar-refractivity contribution in [3.05, 3.63) is 0 Å². The van der Waals surface area contributed by atoms with Gasteiger partial charge in [0.15, 0.2) is 0 Å². The van der Waals surface area contributed by atoms with Crippen LogP contribution in [0.1, 0.15) is 39.0 Å². The van der Waals surface area contributed by atoms with Crippen molar-refractivity contribution in [1.82, 2.24) is 4.72 Å². The Balaban J connectivity index is 2.76. The molecule has 0 aromatic rings. The largest absolute Gasteiger partial charge is 0.459 e. The van der Waals surface area contributed by atoms with E-state index in [-0.39, 0.29) is 0 Å². The van der Waals surface area contributed by atoms with E-state index in [0.717, 1.165) is 12.8 Å². The topological polar surface area (TPSA) is 89.5 Å². The Morgan fingerprint density at radius 3 is 2.08 bits per heavy atom. The van der Waals surface area contributed by atoms with Crippen molar-refractivity contribution in [2.24, 2.45) is 0 Å². The average molecular weight is 399 g/mol. The predicted molar refractivity (Wildman–Crippen MR) is 70.5 cm³/mol. The number of carbonyl (C=O) groups excluding carboxylic acids is 2. The molecule has 146 valence electrons. The summed E-state index contributed by atoms with van der Waals surface area (Å²) in [6, 6.07) is 0. The number of esters is 1. The minimum absolute atomic E-state index is 0.470. The van der Waals surface area contributed by atoms with Gasteiger partial charge in [-0.2, -0.15) is 26.0 Å². The quantitative estimate of drug-likeness (QED) is 0.403. The molecule has 1 saturated carbocycles. The van der Waals surface area contributed by atoms with Crippen LogP contribution in [-0.4, -0.2) is 43.5 Å². The lowest BCUT2D eigenvalue weighted by molar-refractivity contribution is -0.225. The Bertz CT molecular complexity index is 630. The fraction of sp³-hybridized carbons (Fsp3) is 0.833. The Labute approximate surface area is 138 Å². The maximum atomic E-state index is 13.2. The monoisotopic (exact) mass is 399 g/mol. The number of ether oxygens (including phenoxy) is 1. The summed E-state index contributed by atoms with van der Waals surface area (Å²) in [6.45, 7) is 1.55. The molecule has 0 radical (unpaired) electrons. The first-order valence-corrected chi connectivity index (χ1v) is 8.44. The van der Waals surface area contributed by atoms with Gasteiger partial charge in [0.2, 0.25) is 5.91 Å². The first kappa shape index (κ1) is 21.5. The van der Waals surface area contributed by atoms with Crippen LogP contribution in [0.15, 0.2) is 0 Å². The van der Waals surface area contributed by atoms with Gasteiger partial charge in [-0.3, -0.25) is 9.59 Å². The standard InChI is InChI=1S/C12H15F6NO5S/c1-10(4-2-3-5-10)24-8(21)6-7(20)19-25(22,23)12(17,18)11(15,16)9(13)14/h9H,2-6H2,1H3,(H,19,20). The molecule has 0 saturated heterocycles. The summed E-state index contributed by atoms with van der Waals surface area (Å²) in [4.78, 5) is 22.9. The van der Waals surface area contributed by atoms with E-state index in [1.54, 1.807) is 6.92 Å². The molecule has 0 aliphatic heterocycles. The fourth-order valence-corrected chi connectivity index (χ4v) is 3.17. The number of alkyl halides is 6. The van der Waals surface area contributed by atoms with Gasteiger partial charge in [-0.1, -0.05) is 0 Å². The molecule has 1 rings (SSSR count). The second-order valence-electron chi connectivity index (χ2n) is 5.78. The maximum absolute atomic E-state index is 13.2. The third-order valence-corrected chi connectivity index (χ3v) is 5.02. The number of sulfonamides is 1. The van der Waals surface area contributed by atoms with Crippen molar-refractivity contribution in [1.29, 1.82) is 0 Å². The SMILES string of the molecule is CC1(OC(=O)CC(=O)NS(=O)(=O)C(F)(F)C(F)(F)C(F)F)CCCC1. The van der Waals surface area contributed by atoms with E-state index in [0.29, 0.717) is 17.6 Å². The van der Waals surface area contributed by atoms with Gasteiger partial charge in [0, 0.05) is 0 Å². The second kappa shape index (κ2) is 7.00. The highest BCUT2D eigenvalue weighted by Gasteiger charge is 2.71. The third kappa shape index (κ3) is 4.55. The van der Waals surface area contributed by atoms with Crippen molar-refractivity contribution in [3.8, 4) is 0 Å². The minimum Gasteiger partial charge on any atom is -0.459 e. The van der Waals surface area contributed by atoms with E-state index >= 15 is 0 Å². The zero-order valence-corrected chi connectivity index (χ0v) is 13.6. The number of rotatable bonds is 7. The molecular formula is C12H15F6NO5S.